The van der Waals surface area contributed by atoms with Crippen molar-refractivity contribution in [1.82, 2.24) is 5.32 Å². The van der Waals surface area contributed by atoms with Crippen molar-refractivity contribution in [3.63, 3.8) is 0 Å². The zero-order valence-electron chi connectivity index (χ0n) is 13.5. The number of fused-ring (bicyclic) bond motifs is 1. The zero-order chi connectivity index (χ0) is 14.7. The Bertz CT molecular complexity index is 417. The third-order valence-electron chi connectivity index (χ3n) is 6.55. The number of amides is 1. The molecular formula is C17H29NO2. The van der Waals surface area contributed by atoms with Crippen LogP contribution in [-0.2, 0) is 9.53 Å². The quantitative estimate of drug-likeness (QED) is 0.844. The minimum Gasteiger partial charge on any atom is -0.378 e. The highest BCUT2D eigenvalue weighted by Crippen LogP contribution is 2.69. The fourth-order valence-corrected chi connectivity index (χ4v) is 5.69. The van der Waals surface area contributed by atoms with Crippen molar-refractivity contribution in [2.45, 2.75) is 66.0 Å². The number of carbonyl (C=O) groups excluding carboxylic acids is 1. The lowest BCUT2D eigenvalue weighted by Gasteiger charge is -2.54. The van der Waals surface area contributed by atoms with Crippen LogP contribution in [0.4, 0.5) is 0 Å². The number of rotatable bonds is 2. The molecule has 3 heteroatoms. The van der Waals surface area contributed by atoms with E-state index < -0.39 is 0 Å². The van der Waals surface area contributed by atoms with Crippen LogP contribution in [0.2, 0.25) is 0 Å². The Balaban J connectivity index is 1.96. The molecule has 1 N–H and O–H groups in total. The molecule has 3 aliphatic rings. The van der Waals surface area contributed by atoms with E-state index in [1.807, 2.05) is 0 Å². The Kier molecular flexibility index (Phi) is 3.20. The molecule has 1 amide bonds. The minimum atomic E-state index is 0.122. The molecule has 0 radical (unpaired) electrons. The number of nitrogens with one attached hydrogen (secondary N) is 1. The highest BCUT2D eigenvalue weighted by molar-refractivity contribution is 5.73. The third kappa shape index (κ3) is 1.78. The maximum absolute atomic E-state index is 11.7. The Morgan fingerprint density at radius 2 is 2.05 bits per heavy atom. The molecule has 3 rings (SSSR count). The van der Waals surface area contributed by atoms with Gasteiger partial charge in [-0.25, -0.2) is 0 Å². The van der Waals surface area contributed by atoms with E-state index in [-0.39, 0.29) is 16.7 Å². The fraction of sp³-hybridized carbons (Fsp3) is 0.941. The van der Waals surface area contributed by atoms with Gasteiger partial charge < -0.3 is 10.1 Å². The highest BCUT2D eigenvalue weighted by Gasteiger charge is 2.68. The van der Waals surface area contributed by atoms with Gasteiger partial charge in [-0.1, -0.05) is 27.7 Å². The van der Waals surface area contributed by atoms with E-state index in [0.29, 0.717) is 24.0 Å². The van der Waals surface area contributed by atoms with Crippen molar-refractivity contribution >= 4 is 5.91 Å². The summed E-state index contributed by atoms with van der Waals surface area (Å²) in [6, 6.07) is 0.321. The van der Waals surface area contributed by atoms with Crippen LogP contribution in [-0.4, -0.2) is 24.7 Å². The van der Waals surface area contributed by atoms with E-state index >= 15 is 0 Å². The maximum Gasteiger partial charge on any atom is 0.217 e. The summed E-state index contributed by atoms with van der Waals surface area (Å²) >= 11 is 0. The molecule has 2 saturated carbocycles. The molecule has 1 saturated heterocycles. The van der Waals surface area contributed by atoms with Gasteiger partial charge in [-0.15, -0.1) is 0 Å². The molecule has 5 atom stereocenters. The summed E-state index contributed by atoms with van der Waals surface area (Å²) in [4.78, 5) is 11.7. The summed E-state index contributed by atoms with van der Waals surface area (Å²) in [5.41, 5.74) is 0.508. The summed E-state index contributed by atoms with van der Waals surface area (Å²) < 4.78 is 6.11. The first kappa shape index (κ1) is 14.4. The Morgan fingerprint density at radius 1 is 1.35 bits per heavy atom. The van der Waals surface area contributed by atoms with E-state index in [9.17, 15) is 4.79 Å². The number of ether oxygens (including phenoxy) is 1. The highest BCUT2D eigenvalue weighted by atomic mass is 16.5. The van der Waals surface area contributed by atoms with Crippen LogP contribution < -0.4 is 5.32 Å². The second-order valence-corrected chi connectivity index (χ2v) is 8.26. The fourth-order valence-electron chi connectivity index (χ4n) is 5.69. The van der Waals surface area contributed by atoms with Gasteiger partial charge in [0.2, 0.25) is 5.91 Å². The van der Waals surface area contributed by atoms with E-state index in [1.165, 1.54) is 12.8 Å². The van der Waals surface area contributed by atoms with Crippen LogP contribution in [0.3, 0.4) is 0 Å². The van der Waals surface area contributed by atoms with Gasteiger partial charge >= 0.3 is 0 Å². The van der Waals surface area contributed by atoms with E-state index in [2.05, 4.69) is 33.0 Å². The average Bonchev–Trinajstić information content (AvgIpc) is 2.82. The monoisotopic (exact) mass is 279 g/mol. The molecule has 1 spiro atoms. The van der Waals surface area contributed by atoms with Crippen LogP contribution in [0, 0.1) is 28.6 Å². The first-order chi connectivity index (χ1) is 9.29. The van der Waals surface area contributed by atoms with E-state index in [1.54, 1.807) is 6.92 Å². The van der Waals surface area contributed by atoms with Crippen molar-refractivity contribution in [2.75, 3.05) is 6.61 Å². The summed E-state index contributed by atoms with van der Waals surface area (Å²) in [6.45, 7) is 11.8. The Labute approximate surface area is 122 Å². The van der Waals surface area contributed by atoms with Gasteiger partial charge in [0.05, 0.1) is 6.10 Å². The van der Waals surface area contributed by atoms with Gasteiger partial charge in [0.25, 0.3) is 0 Å². The lowest BCUT2D eigenvalue weighted by molar-refractivity contribution is -0.143. The lowest BCUT2D eigenvalue weighted by atomic mass is 9.58. The Hall–Kier alpha value is -0.570. The van der Waals surface area contributed by atoms with Gasteiger partial charge in [0.15, 0.2) is 0 Å². The van der Waals surface area contributed by atoms with Crippen molar-refractivity contribution in [1.29, 1.82) is 0 Å². The summed E-state index contributed by atoms with van der Waals surface area (Å²) in [5.74, 6) is 2.05. The molecule has 1 unspecified atom stereocenters. The molecule has 20 heavy (non-hydrogen) atoms. The second-order valence-electron chi connectivity index (χ2n) is 8.26. The molecule has 2 aliphatic carbocycles. The molecule has 0 aromatic rings. The lowest BCUT2D eigenvalue weighted by Crippen LogP contribution is -2.60. The number of hydrogen-bond acceptors (Lipinski definition) is 2. The van der Waals surface area contributed by atoms with Gasteiger partial charge in [0, 0.05) is 19.6 Å². The molecule has 1 aliphatic heterocycles. The molecule has 0 aromatic heterocycles. The van der Waals surface area contributed by atoms with Gasteiger partial charge in [-0.3, -0.25) is 4.79 Å². The largest absolute Gasteiger partial charge is 0.378 e. The third-order valence-corrected chi connectivity index (χ3v) is 6.55. The van der Waals surface area contributed by atoms with Gasteiger partial charge in [0.1, 0.15) is 0 Å². The standard InChI is InChI=1S/C17H29NO2/c1-10(2)14-13-8-12-9-17(13,6-7-20-14)15(16(12,4)5)18-11(3)19/h10,12-15H,6-9H2,1-5H3,(H,18,19)/t12-,13-,14-,15-,17?/m1/s1. The summed E-state index contributed by atoms with van der Waals surface area (Å²) in [7, 11) is 0. The van der Waals surface area contributed by atoms with Crippen molar-refractivity contribution in [2.24, 2.45) is 28.6 Å². The average molecular weight is 279 g/mol. The van der Waals surface area contributed by atoms with Crippen molar-refractivity contribution in [3.05, 3.63) is 0 Å². The van der Waals surface area contributed by atoms with Gasteiger partial charge in [-0.05, 0) is 47.8 Å². The smallest absolute Gasteiger partial charge is 0.217 e. The van der Waals surface area contributed by atoms with E-state index in [4.69, 9.17) is 4.74 Å². The second kappa shape index (κ2) is 4.46. The molecule has 1 heterocycles. The number of hydrogen-bond donors (Lipinski definition) is 1. The number of carbonyl (C=O) groups is 1. The SMILES string of the molecule is CC(=O)N[C@@H]1C(C)(C)[C@@H]2C[C@@H]3[C@@H](C(C)C)OCCC31C2. The molecule has 114 valence electrons. The maximum atomic E-state index is 11.7. The molecule has 3 nitrogen and oxygen atoms in total. The molecule has 2 bridgehead atoms. The van der Waals surface area contributed by atoms with Crippen LogP contribution in [0.1, 0.15) is 53.9 Å². The Morgan fingerprint density at radius 3 is 2.65 bits per heavy atom. The summed E-state index contributed by atoms with van der Waals surface area (Å²) in [6.07, 6.45) is 4.06. The van der Waals surface area contributed by atoms with Crippen LogP contribution in [0.15, 0.2) is 0 Å². The minimum absolute atomic E-state index is 0.122. The molecule has 0 aromatic carbocycles. The van der Waals surface area contributed by atoms with Crippen LogP contribution in [0.25, 0.3) is 0 Å². The predicted octanol–water partition coefficient (Wildman–Crippen LogP) is 2.99. The normalized spacial score (nSPS) is 45.5. The predicted molar refractivity (Wildman–Crippen MR) is 79.2 cm³/mol. The van der Waals surface area contributed by atoms with Gasteiger partial charge in [-0.2, -0.15) is 0 Å². The first-order valence-electron chi connectivity index (χ1n) is 8.18. The molecule has 3 fully saturated rings. The van der Waals surface area contributed by atoms with Crippen LogP contribution in [0.5, 0.6) is 0 Å². The van der Waals surface area contributed by atoms with Crippen molar-refractivity contribution < 1.29 is 9.53 Å². The summed E-state index contributed by atoms with van der Waals surface area (Å²) in [5, 5.41) is 3.32. The van der Waals surface area contributed by atoms with Crippen LogP contribution >= 0.6 is 0 Å². The van der Waals surface area contributed by atoms with E-state index in [0.717, 1.165) is 18.9 Å². The zero-order valence-corrected chi connectivity index (χ0v) is 13.5. The molecular weight excluding hydrogens is 250 g/mol. The first-order valence-corrected chi connectivity index (χ1v) is 8.18. The topological polar surface area (TPSA) is 38.3 Å². The van der Waals surface area contributed by atoms with Crippen molar-refractivity contribution in [3.8, 4) is 0 Å².